The summed E-state index contributed by atoms with van der Waals surface area (Å²) in [6.07, 6.45) is 10.9. The lowest BCUT2D eigenvalue weighted by Crippen LogP contribution is -2.71. The molecule has 0 unspecified atom stereocenters. The Morgan fingerprint density at radius 2 is 1.52 bits per heavy atom. The van der Waals surface area contributed by atoms with E-state index in [9.17, 15) is 9.90 Å². The van der Waals surface area contributed by atoms with Gasteiger partial charge in [0.05, 0.1) is 30.6 Å². The standard InChI is InChI=1S/C20H37NO2/c1-7-8-9-10-11-12-13-21(6)19(2,3)15-17(14-18(22)23)16-20(21,4)5/h14H,7-13,15-16H2,1-6H3. The van der Waals surface area contributed by atoms with Crippen LogP contribution >= 0.6 is 0 Å². The number of carbonyl (C=O) groups excluding carboxylic acids is 1. The van der Waals surface area contributed by atoms with Gasteiger partial charge >= 0.3 is 0 Å². The highest BCUT2D eigenvalue weighted by Gasteiger charge is 2.54. The first-order chi connectivity index (χ1) is 10.6. The van der Waals surface area contributed by atoms with Crippen molar-refractivity contribution in [2.75, 3.05) is 13.6 Å². The number of hydrogen-bond donors (Lipinski definition) is 0. The van der Waals surface area contributed by atoms with Crippen molar-refractivity contribution in [3.8, 4) is 0 Å². The third-order valence-corrected chi connectivity index (χ3v) is 6.27. The minimum Gasteiger partial charge on any atom is -0.545 e. The Morgan fingerprint density at radius 1 is 1.04 bits per heavy atom. The first-order valence-electron chi connectivity index (χ1n) is 9.32. The van der Waals surface area contributed by atoms with Crippen LogP contribution in [0.4, 0.5) is 0 Å². The van der Waals surface area contributed by atoms with Gasteiger partial charge < -0.3 is 14.4 Å². The van der Waals surface area contributed by atoms with Crippen molar-refractivity contribution in [2.24, 2.45) is 0 Å². The Bertz CT molecular complexity index is 415. The summed E-state index contributed by atoms with van der Waals surface area (Å²) in [5, 5.41) is 11.0. The highest BCUT2D eigenvalue weighted by atomic mass is 16.4. The second-order valence-corrected chi connectivity index (χ2v) is 8.78. The molecule has 0 aromatic heterocycles. The van der Waals surface area contributed by atoms with Crippen LogP contribution in [0.15, 0.2) is 11.6 Å². The average molecular weight is 324 g/mol. The second kappa shape index (κ2) is 7.83. The van der Waals surface area contributed by atoms with Gasteiger partial charge in [-0.3, -0.25) is 0 Å². The molecule has 0 aromatic rings. The van der Waals surface area contributed by atoms with E-state index in [2.05, 4.69) is 41.7 Å². The molecule has 0 radical (unpaired) electrons. The van der Waals surface area contributed by atoms with Crippen LogP contribution in [0.1, 0.15) is 86.0 Å². The number of likely N-dealkylation sites (tertiary alicyclic amines) is 1. The minimum absolute atomic E-state index is 0.0481. The molecular weight excluding hydrogens is 286 g/mol. The number of aliphatic carboxylic acids is 1. The van der Waals surface area contributed by atoms with Gasteiger partial charge in [-0.15, -0.1) is 0 Å². The molecule has 1 aliphatic rings. The number of carboxylic acid groups (broad SMARTS) is 1. The predicted molar refractivity (Wildman–Crippen MR) is 94.9 cm³/mol. The maximum Gasteiger partial charge on any atom is 0.0975 e. The van der Waals surface area contributed by atoms with E-state index < -0.39 is 5.97 Å². The van der Waals surface area contributed by atoms with Crippen molar-refractivity contribution in [3.05, 3.63) is 11.6 Å². The Morgan fingerprint density at radius 3 is 2.00 bits per heavy atom. The minimum atomic E-state index is -1.06. The van der Waals surface area contributed by atoms with Crippen LogP contribution in [0.25, 0.3) is 0 Å². The van der Waals surface area contributed by atoms with Gasteiger partial charge in [0.1, 0.15) is 0 Å². The monoisotopic (exact) mass is 323 g/mol. The molecule has 3 heteroatoms. The summed E-state index contributed by atoms with van der Waals surface area (Å²) in [5.74, 6) is -1.06. The molecule has 0 spiro atoms. The van der Waals surface area contributed by atoms with E-state index in [4.69, 9.17) is 0 Å². The Balaban J connectivity index is 2.77. The molecule has 1 fully saturated rings. The Kier molecular flexibility index (Phi) is 6.88. The average Bonchev–Trinajstić information content (AvgIpc) is 2.38. The molecule has 0 N–H and O–H groups in total. The quantitative estimate of drug-likeness (QED) is 0.387. The fourth-order valence-corrected chi connectivity index (χ4v) is 4.42. The Labute approximate surface area is 143 Å². The van der Waals surface area contributed by atoms with E-state index in [-0.39, 0.29) is 11.1 Å². The number of rotatable bonds is 8. The van der Waals surface area contributed by atoms with E-state index in [1.54, 1.807) is 0 Å². The number of hydrogen-bond acceptors (Lipinski definition) is 2. The summed E-state index contributed by atoms with van der Waals surface area (Å²) in [5.41, 5.74) is 1.12. The second-order valence-electron chi connectivity index (χ2n) is 8.78. The van der Waals surface area contributed by atoms with E-state index >= 15 is 0 Å². The van der Waals surface area contributed by atoms with E-state index in [0.717, 1.165) is 22.9 Å². The zero-order chi connectivity index (χ0) is 17.7. The summed E-state index contributed by atoms with van der Waals surface area (Å²) in [6, 6.07) is 0. The van der Waals surface area contributed by atoms with Gasteiger partial charge in [0.2, 0.25) is 0 Å². The summed E-state index contributed by atoms with van der Waals surface area (Å²) in [6.45, 7) is 12.6. The largest absolute Gasteiger partial charge is 0.545 e. The normalized spacial score (nSPS) is 26.1. The molecule has 0 saturated carbocycles. The fourth-order valence-electron chi connectivity index (χ4n) is 4.42. The first-order valence-corrected chi connectivity index (χ1v) is 9.32. The lowest BCUT2D eigenvalue weighted by molar-refractivity contribution is -1.00. The van der Waals surface area contributed by atoms with Gasteiger partial charge in [-0.1, -0.05) is 38.2 Å². The van der Waals surface area contributed by atoms with Crippen LogP contribution in [0.3, 0.4) is 0 Å². The van der Waals surface area contributed by atoms with Gasteiger partial charge in [-0.2, -0.15) is 0 Å². The van der Waals surface area contributed by atoms with Crippen molar-refractivity contribution < 1.29 is 14.4 Å². The molecule has 0 aromatic carbocycles. The highest BCUT2D eigenvalue weighted by Crippen LogP contribution is 2.46. The highest BCUT2D eigenvalue weighted by molar-refractivity contribution is 5.78. The topological polar surface area (TPSA) is 40.1 Å². The summed E-state index contributed by atoms with van der Waals surface area (Å²) in [7, 11) is 2.36. The van der Waals surface area contributed by atoms with Crippen LogP contribution in [0.2, 0.25) is 0 Å². The maximum atomic E-state index is 11.0. The summed E-state index contributed by atoms with van der Waals surface area (Å²) >= 11 is 0. The van der Waals surface area contributed by atoms with Crippen LogP contribution in [0.5, 0.6) is 0 Å². The number of quaternary nitrogens is 1. The Hall–Kier alpha value is -0.830. The van der Waals surface area contributed by atoms with Crippen molar-refractivity contribution in [1.29, 1.82) is 0 Å². The molecule has 0 amide bonds. The number of unbranched alkanes of at least 4 members (excludes halogenated alkanes) is 5. The smallest absolute Gasteiger partial charge is 0.0975 e. The molecule has 3 nitrogen and oxygen atoms in total. The van der Waals surface area contributed by atoms with Crippen LogP contribution in [-0.2, 0) is 4.79 Å². The van der Waals surface area contributed by atoms with Gasteiger partial charge in [-0.05, 0) is 46.6 Å². The summed E-state index contributed by atoms with van der Waals surface area (Å²) in [4.78, 5) is 11.0. The van der Waals surface area contributed by atoms with Crippen molar-refractivity contribution in [3.63, 3.8) is 0 Å². The SMILES string of the molecule is CCCCCCCC[N+]1(C)C(C)(C)CC(=CC(=O)[O-])CC1(C)C. The van der Waals surface area contributed by atoms with Crippen LogP contribution in [-0.4, -0.2) is 35.1 Å². The molecule has 1 rings (SSSR count). The molecule has 0 atom stereocenters. The van der Waals surface area contributed by atoms with E-state index in [0.29, 0.717) is 0 Å². The third-order valence-electron chi connectivity index (χ3n) is 6.27. The van der Waals surface area contributed by atoms with Crippen molar-refractivity contribution in [1.82, 2.24) is 0 Å². The van der Waals surface area contributed by atoms with Gasteiger partial charge in [-0.25, -0.2) is 0 Å². The molecule has 0 bridgehead atoms. The number of carboxylic acids is 1. The van der Waals surface area contributed by atoms with Gasteiger partial charge in [0, 0.05) is 12.8 Å². The molecular formula is C20H37NO2. The van der Waals surface area contributed by atoms with Gasteiger partial charge in [0.15, 0.2) is 0 Å². The van der Waals surface area contributed by atoms with Crippen molar-refractivity contribution >= 4 is 5.97 Å². The lowest BCUT2D eigenvalue weighted by atomic mass is 9.73. The number of piperidine rings is 1. The van der Waals surface area contributed by atoms with E-state index in [1.165, 1.54) is 51.1 Å². The summed E-state index contributed by atoms with van der Waals surface area (Å²) < 4.78 is 1.01. The molecule has 1 saturated heterocycles. The zero-order valence-electron chi connectivity index (χ0n) is 16.2. The zero-order valence-corrected chi connectivity index (χ0v) is 16.2. The molecule has 0 aliphatic carbocycles. The third kappa shape index (κ3) is 4.82. The van der Waals surface area contributed by atoms with Crippen molar-refractivity contribution in [2.45, 2.75) is 97.1 Å². The fraction of sp³-hybridized carbons (Fsp3) is 0.850. The van der Waals surface area contributed by atoms with Crippen LogP contribution < -0.4 is 5.11 Å². The molecule has 23 heavy (non-hydrogen) atoms. The molecule has 1 aliphatic heterocycles. The molecule has 134 valence electrons. The van der Waals surface area contributed by atoms with E-state index in [1.807, 2.05) is 0 Å². The van der Waals surface area contributed by atoms with Gasteiger partial charge in [0.25, 0.3) is 0 Å². The first kappa shape index (κ1) is 20.2. The molecule has 1 heterocycles. The van der Waals surface area contributed by atoms with Crippen LogP contribution in [0, 0.1) is 0 Å². The number of nitrogens with zero attached hydrogens (tertiary/aromatic N) is 1. The maximum absolute atomic E-state index is 11.0. The predicted octanol–water partition coefficient (Wildman–Crippen LogP) is 3.82. The lowest BCUT2D eigenvalue weighted by Gasteiger charge is -2.60. The number of carbonyl (C=O) groups is 1.